The number of hydrogen-bond acceptors (Lipinski definition) is 7. The van der Waals surface area contributed by atoms with Crippen molar-refractivity contribution in [3.8, 4) is 0 Å². The Balaban J connectivity index is 1.35. The van der Waals surface area contributed by atoms with Crippen molar-refractivity contribution < 1.29 is 4.74 Å². The molecule has 1 aliphatic carbocycles. The van der Waals surface area contributed by atoms with Crippen LogP contribution in [0.1, 0.15) is 36.1 Å². The van der Waals surface area contributed by atoms with Crippen molar-refractivity contribution >= 4 is 11.8 Å². The Kier molecular flexibility index (Phi) is 4.75. The van der Waals surface area contributed by atoms with Gasteiger partial charge in [-0.3, -0.25) is 14.7 Å². The maximum absolute atomic E-state index is 12.8. The summed E-state index contributed by atoms with van der Waals surface area (Å²) in [6.45, 7) is 5.69. The zero-order valence-electron chi connectivity index (χ0n) is 16.7. The third-order valence-corrected chi connectivity index (χ3v) is 6.80. The molecule has 1 spiro atoms. The van der Waals surface area contributed by atoms with E-state index < -0.39 is 0 Å². The second-order valence-corrected chi connectivity index (χ2v) is 8.42. The number of aromatic nitrogens is 3. The molecule has 2 saturated heterocycles. The molecule has 3 aliphatic rings. The number of pyridine rings is 1. The van der Waals surface area contributed by atoms with E-state index in [2.05, 4.69) is 19.8 Å². The fraction of sp³-hybridized carbons (Fsp3) is 0.571. The van der Waals surface area contributed by atoms with Crippen LogP contribution in [0.4, 0.5) is 11.8 Å². The molecule has 8 nitrogen and oxygen atoms in total. The number of rotatable bonds is 3. The zero-order chi connectivity index (χ0) is 19.8. The lowest BCUT2D eigenvalue weighted by Crippen LogP contribution is -2.43. The highest BCUT2D eigenvalue weighted by atomic mass is 16.5. The SMILES string of the molecule is Nc1ncccc1CN1CCC2(CCc3c2nc(N2CCOCC2)[nH]c3=O)CC1. The van der Waals surface area contributed by atoms with Crippen molar-refractivity contribution in [3.05, 3.63) is 45.5 Å². The minimum Gasteiger partial charge on any atom is -0.383 e. The van der Waals surface area contributed by atoms with Crippen molar-refractivity contribution in [2.45, 2.75) is 37.6 Å². The van der Waals surface area contributed by atoms with Gasteiger partial charge in [-0.2, -0.15) is 0 Å². The number of piperidine rings is 1. The molecule has 2 aliphatic heterocycles. The fourth-order valence-corrected chi connectivity index (χ4v) is 5.02. The zero-order valence-corrected chi connectivity index (χ0v) is 16.7. The Morgan fingerprint density at radius 3 is 2.72 bits per heavy atom. The topological polar surface area (TPSA) is 100 Å². The van der Waals surface area contributed by atoms with E-state index in [0.717, 1.165) is 75.2 Å². The van der Waals surface area contributed by atoms with Crippen LogP contribution in [0, 0.1) is 0 Å². The summed E-state index contributed by atoms with van der Waals surface area (Å²) in [5.74, 6) is 1.33. The molecule has 3 N–H and O–H groups in total. The Morgan fingerprint density at radius 2 is 1.97 bits per heavy atom. The van der Waals surface area contributed by atoms with Crippen LogP contribution in [0.15, 0.2) is 23.1 Å². The number of likely N-dealkylation sites (tertiary alicyclic amines) is 1. The third-order valence-electron chi connectivity index (χ3n) is 6.80. The molecule has 0 bridgehead atoms. The molecule has 0 aromatic carbocycles. The number of ether oxygens (including phenoxy) is 1. The summed E-state index contributed by atoms with van der Waals surface area (Å²) in [5, 5.41) is 0. The van der Waals surface area contributed by atoms with E-state index in [1.54, 1.807) is 6.20 Å². The molecule has 0 amide bonds. The second kappa shape index (κ2) is 7.42. The second-order valence-electron chi connectivity index (χ2n) is 8.42. The molecule has 4 heterocycles. The van der Waals surface area contributed by atoms with Gasteiger partial charge in [0.25, 0.3) is 5.56 Å². The summed E-state index contributed by atoms with van der Waals surface area (Å²) in [5.41, 5.74) is 9.11. The highest BCUT2D eigenvalue weighted by molar-refractivity contribution is 5.41. The van der Waals surface area contributed by atoms with Gasteiger partial charge in [0.2, 0.25) is 5.95 Å². The van der Waals surface area contributed by atoms with Crippen molar-refractivity contribution in [2.24, 2.45) is 0 Å². The Bertz CT molecular complexity index is 944. The minimum atomic E-state index is 0.0294. The average molecular weight is 396 g/mol. The molecule has 8 heteroatoms. The van der Waals surface area contributed by atoms with Crippen LogP contribution in [0.5, 0.6) is 0 Å². The smallest absolute Gasteiger partial charge is 0.255 e. The number of nitrogens with zero attached hydrogens (tertiary/aromatic N) is 4. The van der Waals surface area contributed by atoms with Gasteiger partial charge in [0.05, 0.1) is 18.9 Å². The van der Waals surface area contributed by atoms with E-state index >= 15 is 0 Å². The van der Waals surface area contributed by atoms with Crippen LogP contribution < -0.4 is 16.2 Å². The van der Waals surface area contributed by atoms with Crippen LogP contribution in [-0.4, -0.2) is 59.2 Å². The normalized spacial score (nSPS) is 21.4. The quantitative estimate of drug-likeness (QED) is 0.800. The number of H-pyrrole nitrogens is 1. The molecule has 0 unspecified atom stereocenters. The van der Waals surface area contributed by atoms with Gasteiger partial charge in [-0.15, -0.1) is 0 Å². The first kappa shape index (κ1) is 18.6. The molecule has 2 aromatic heterocycles. The van der Waals surface area contributed by atoms with Gasteiger partial charge < -0.3 is 15.4 Å². The lowest BCUT2D eigenvalue weighted by molar-refractivity contribution is 0.122. The largest absolute Gasteiger partial charge is 0.383 e. The number of fused-ring (bicyclic) bond motifs is 2. The van der Waals surface area contributed by atoms with E-state index in [0.29, 0.717) is 25.0 Å². The first-order valence-electron chi connectivity index (χ1n) is 10.5. The number of morpholine rings is 1. The van der Waals surface area contributed by atoms with Crippen molar-refractivity contribution in [1.82, 2.24) is 19.9 Å². The summed E-state index contributed by atoms with van der Waals surface area (Å²) < 4.78 is 5.44. The predicted molar refractivity (Wildman–Crippen MR) is 111 cm³/mol. The summed E-state index contributed by atoms with van der Waals surface area (Å²) >= 11 is 0. The van der Waals surface area contributed by atoms with Crippen molar-refractivity contribution in [2.75, 3.05) is 50.0 Å². The van der Waals surface area contributed by atoms with Crippen molar-refractivity contribution in [1.29, 1.82) is 0 Å². The Hall–Kier alpha value is -2.45. The van der Waals surface area contributed by atoms with E-state index in [1.807, 2.05) is 12.1 Å². The average Bonchev–Trinajstić information content (AvgIpc) is 3.11. The molecule has 29 heavy (non-hydrogen) atoms. The predicted octanol–water partition coefficient (Wildman–Crippen LogP) is 1.06. The highest BCUT2D eigenvalue weighted by Crippen LogP contribution is 2.44. The highest BCUT2D eigenvalue weighted by Gasteiger charge is 2.44. The minimum absolute atomic E-state index is 0.0294. The van der Waals surface area contributed by atoms with Crippen molar-refractivity contribution in [3.63, 3.8) is 0 Å². The van der Waals surface area contributed by atoms with Gasteiger partial charge in [0.15, 0.2) is 0 Å². The van der Waals surface area contributed by atoms with Crippen LogP contribution in [-0.2, 0) is 23.1 Å². The van der Waals surface area contributed by atoms with Gasteiger partial charge in [-0.1, -0.05) is 6.07 Å². The Morgan fingerprint density at radius 1 is 1.17 bits per heavy atom. The lowest BCUT2D eigenvalue weighted by atomic mass is 9.76. The van der Waals surface area contributed by atoms with Gasteiger partial charge in [0, 0.05) is 42.4 Å². The Labute approximate surface area is 170 Å². The fourth-order valence-electron chi connectivity index (χ4n) is 5.02. The van der Waals surface area contributed by atoms with Crippen LogP contribution >= 0.6 is 0 Å². The molecule has 2 aromatic rings. The molecule has 2 fully saturated rings. The first-order valence-corrected chi connectivity index (χ1v) is 10.5. The van der Waals surface area contributed by atoms with Crippen LogP contribution in [0.25, 0.3) is 0 Å². The lowest BCUT2D eigenvalue weighted by Gasteiger charge is -2.39. The number of aromatic amines is 1. The van der Waals surface area contributed by atoms with E-state index in [9.17, 15) is 4.79 Å². The number of nitrogens with two attached hydrogens (primary N) is 1. The molecule has 5 rings (SSSR count). The summed E-state index contributed by atoms with van der Waals surface area (Å²) in [7, 11) is 0. The molecule has 0 atom stereocenters. The van der Waals surface area contributed by atoms with Gasteiger partial charge in [0.1, 0.15) is 5.82 Å². The van der Waals surface area contributed by atoms with Gasteiger partial charge in [-0.25, -0.2) is 9.97 Å². The molecular formula is C21H28N6O2. The molecule has 0 saturated carbocycles. The maximum atomic E-state index is 12.8. The summed E-state index contributed by atoms with van der Waals surface area (Å²) in [6, 6.07) is 3.99. The van der Waals surface area contributed by atoms with Gasteiger partial charge in [-0.05, 0) is 44.8 Å². The van der Waals surface area contributed by atoms with Crippen LogP contribution in [0.3, 0.4) is 0 Å². The number of hydrogen-bond donors (Lipinski definition) is 2. The molecular weight excluding hydrogens is 368 g/mol. The van der Waals surface area contributed by atoms with E-state index in [-0.39, 0.29) is 11.0 Å². The first-order chi connectivity index (χ1) is 14.1. The number of anilines is 2. The maximum Gasteiger partial charge on any atom is 0.255 e. The number of nitrogens with one attached hydrogen (secondary N) is 1. The molecule has 0 radical (unpaired) electrons. The summed E-state index contributed by atoms with van der Waals surface area (Å²) in [4.78, 5) is 29.6. The third kappa shape index (κ3) is 3.40. The van der Waals surface area contributed by atoms with Gasteiger partial charge >= 0.3 is 0 Å². The molecule has 154 valence electrons. The standard InChI is InChI=1S/C21H28N6O2/c22-18-15(2-1-7-23-18)14-26-8-5-21(6-9-26)4-3-16-17(21)24-20(25-19(16)28)27-10-12-29-13-11-27/h1-2,7H,3-6,8-14H2,(H2,22,23)(H,24,25,28). The van der Waals surface area contributed by atoms with Crippen LogP contribution in [0.2, 0.25) is 0 Å². The monoisotopic (exact) mass is 396 g/mol. The summed E-state index contributed by atoms with van der Waals surface area (Å²) in [6.07, 6.45) is 5.64. The van der Waals surface area contributed by atoms with E-state index in [1.165, 1.54) is 0 Å². The number of nitrogen functional groups attached to an aromatic ring is 1. The van der Waals surface area contributed by atoms with E-state index in [4.69, 9.17) is 15.5 Å².